The molecule has 0 bridgehead atoms. The fraction of sp³-hybridized carbons (Fsp3) is 0.158. The molecule has 0 saturated heterocycles. The normalized spacial score (nSPS) is 10.4. The fourth-order valence-corrected chi connectivity index (χ4v) is 2.33. The first kappa shape index (κ1) is 15.8. The van der Waals surface area contributed by atoms with Crippen LogP contribution in [0.3, 0.4) is 0 Å². The highest BCUT2D eigenvalue weighted by Crippen LogP contribution is 2.22. The lowest BCUT2D eigenvalue weighted by atomic mass is 10.2. The third-order valence-corrected chi connectivity index (χ3v) is 3.55. The molecular weight excluding hydrogens is 302 g/mol. The molecule has 0 aliphatic heterocycles. The summed E-state index contributed by atoms with van der Waals surface area (Å²) in [5, 5.41) is 6.58. The number of benzene rings is 2. The number of carbonyl (C=O) groups is 1. The number of hydrogen-bond acceptors (Lipinski definition) is 3. The van der Waals surface area contributed by atoms with Gasteiger partial charge in [-0.05, 0) is 31.2 Å². The van der Waals surface area contributed by atoms with Crippen LogP contribution in [0, 0.1) is 6.92 Å². The van der Waals surface area contributed by atoms with Crippen LogP contribution in [0.15, 0.2) is 60.8 Å². The maximum Gasteiger partial charge on any atom is 0.319 e. The molecule has 1 heterocycles. The van der Waals surface area contributed by atoms with Gasteiger partial charge < -0.3 is 15.4 Å². The summed E-state index contributed by atoms with van der Waals surface area (Å²) in [6, 6.07) is 17.1. The van der Waals surface area contributed by atoms with Crippen LogP contribution in [0.4, 0.5) is 10.5 Å². The Morgan fingerprint density at radius 1 is 1.08 bits per heavy atom. The Labute approximate surface area is 140 Å². The van der Waals surface area contributed by atoms with Crippen LogP contribution in [0.2, 0.25) is 0 Å². The summed E-state index contributed by atoms with van der Waals surface area (Å²) >= 11 is 0. The van der Waals surface area contributed by atoms with E-state index in [0.717, 1.165) is 22.2 Å². The van der Waals surface area contributed by atoms with Gasteiger partial charge in [-0.1, -0.05) is 35.9 Å². The van der Waals surface area contributed by atoms with E-state index in [-0.39, 0.29) is 6.03 Å². The van der Waals surface area contributed by atoms with Crippen molar-refractivity contribution in [2.75, 3.05) is 18.5 Å². The zero-order valence-electron chi connectivity index (χ0n) is 13.5. The number of aromatic nitrogens is 1. The number of nitrogens with one attached hydrogen (secondary N) is 2. The molecule has 3 aromatic rings. The van der Waals surface area contributed by atoms with Gasteiger partial charge in [0, 0.05) is 17.3 Å². The van der Waals surface area contributed by atoms with Crippen molar-refractivity contribution >= 4 is 22.6 Å². The quantitative estimate of drug-likeness (QED) is 0.704. The highest BCUT2D eigenvalue weighted by Gasteiger charge is 2.04. The van der Waals surface area contributed by atoms with Gasteiger partial charge in [-0.15, -0.1) is 0 Å². The number of para-hydroxylation sites is 1. The Balaban J connectivity index is 1.48. The number of amides is 2. The third-order valence-electron chi connectivity index (χ3n) is 3.55. The van der Waals surface area contributed by atoms with Crippen molar-refractivity contribution in [1.29, 1.82) is 0 Å². The van der Waals surface area contributed by atoms with Crippen molar-refractivity contribution in [2.45, 2.75) is 6.92 Å². The van der Waals surface area contributed by atoms with Crippen molar-refractivity contribution < 1.29 is 9.53 Å². The van der Waals surface area contributed by atoms with Gasteiger partial charge in [0.1, 0.15) is 17.9 Å². The van der Waals surface area contributed by atoms with Crippen LogP contribution in [-0.4, -0.2) is 24.2 Å². The molecule has 2 amide bonds. The van der Waals surface area contributed by atoms with Gasteiger partial charge in [-0.3, -0.25) is 4.98 Å². The first-order valence-electron chi connectivity index (χ1n) is 7.80. The van der Waals surface area contributed by atoms with E-state index in [0.29, 0.717) is 18.9 Å². The molecule has 0 fully saturated rings. The van der Waals surface area contributed by atoms with E-state index in [1.165, 1.54) is 0 Å². The molecule has 0 aliphatic carbocycles. The van der Waals surface area contributed by atoms with Gasteiger partial charge in [-0.25, -0.2) is 4.79 Å². The third kappa shape index (κ3) is 4.01. The van der Waals surface area contributed by atoms with E-state index in [4.69, 9.17) is 4.74 Å². The van der Waals surface area contributed by atoms with E-state index in [1.807, 2.05) is 61.5 Å². The minimum absolute atomic E-state index is 0.251. The number of carbonyl (C=O) groups excluding carboxylic acids is 1. The average molecular weight is 321 g/mol. The molecular formula is C19H19N3O2. The number of urea groups is 1. The molecule has 0 atom stereocenters. The van der Waals surface area contributed by atoms with Gasteiger partial charge in [-0.2, -0.15) is 0 Å². The van der Waals surface area contributed by atoms with Crippen LogP contribution >= 0.6 is 0 Å². The molecule has 5 nitrogen and oxygen atoms in total. The number of fused-ring (bicyclic) bond motifs is 1. The second kappa shape index (κ2) is 7.46. The smallest absolute Gasteiger partial charge is 0.319 e. The first-order valence-corrected chi connectivity index (χ1v) is 7.80. The summed E-state index contributed by atoms with van der Waals surface area (Å²) in [6.45, 7) is 2.78. The van der Waals surface area contributed by atoms with E-state index in [9.17, 15) is 4.79 Å². The van der Waals surface area contributed by atoms with Gasteiger partial charge in [0.25, 0.3) is 0 Å². The van der Waals surface area contributed by atoms with Gasteiger partial charge in [0.15, 0.2) is 0 Å². The Morgan fingerprint density at radius 2 is 1.88 bits per heavy atom. The lowest BCUT2D eigenvalue weighted by Gasteiger charge is -2.10. The maximum atomic E-state index is 11.8. The highest BCUT2D eigenvalue weighted by atomic mass is 16.5. The summed E-state index contributed by atoms with van der Waals surface area (Å²) < 4.78 is 5.73. The molecule has 3 rings (SSSR count). The molecule has 0 saturated carbocycles. The number of rotatable bonds is 5. The van der Waals surface area contributed by atoms with Crippen molar-refractivity contribution in [3.05, 3.63) is 66.4 Å². The Kier molecular flexibility index (Phi) is 4.91. The number of ether oxygens (including phenoxy) is 1. The second-order valence-electron chi connectivity index (χ2n) is 5.43. The summed E-state index contributed by atoms with van der Waals surface area (Å²) in [6.07, 6.45) is 1.74. The lowest BCUT2D eigenvalue weighted by molar-refractivity contribution is 0.247. The minimum atomic E-state index is -0.251. The topological polar surface area (TPSA) is 63.2 Å². The minimum Gasteiger partial charge on any atom is -0.489 e. The van der Waals surface area contributed by atoms with Crippen LogP contribution in [0.25, 0.3) is 10.9 Å². The molecule has 2 aromatic carbocycles. The largest absolute Gasteiger partial charge is 0.489 e. The lowest BCUT2D eigenvalue weighted by Crippen LogP contribution is -2.32. The number of nitrogens with zero attached hydrogens (tertiary/aromatic N) is 1. The summed E-state index contributed by atoms with van der Waals surface area (Å²) in [7, 11) is 0. The zero-order chi connectivity index (χ0) is 16.8. The molecule has 122 valence electrons. The van der Waals surface area contributed by atoms with Crippen molar-refractivity contribution in [2.24, 2.45) is 0 Å². The Hall–Kier alpha value is -3.08. The van der Waals surface area contributed by atoms with Crippen molar-refractivity contribution in [1.82, 2.24) is 10.3 Å². The number of aryl methyl sites for hydroxylation is 1. The van der Waals surface area contributed by atoms with E-state index in [2.05, 4.69) is 15.6 Å². The molecule has 24 heavy (non-hydrogen) atoms. The standard InChI is InChI=1S/C19H19N3O2/c1-14-7-9-16(10-8-14)22-19(23)21-12-13-24-17-6-2-4-15-5-3-11-20-18(15)17/h2-11H,12-13H2,1H3,(H2,21,22,23). The fourth-order valence-electron chi connectivity index (χ4n) is 2.33. The van der Waals surface area contributed by atoms with E-state index >= 15 is 0 Å². The van der Waals surface area contributed by atoms with Crippen LogP contribution in [0.1, 0.15) is 5.56 Å². The second-order valence-corrected chi connectivity index (χ2v) is 5.43. The summed E-state index contributed by atoms with van der Waals surface area (Å²) in [5.41, 5.74) is 2.74. The SMILES string of the molecule is Cc1ccc(NC(=O)NCCOc2cccc3cccnc23)cc1. The molecule has 2 N–H and O–H groups in total. The molecule has 0 radical (unpaired) electrons. The number of hydrogen-bond donors (Lipinski definition) is 2. The summed E-state index contributed by atoms with van der Waals surface area (Å²) in [5.74, 6) is 0.717. The van der Waals surface area contributed by atoms with Crippen LogP contribution in [-0.2, 0) is 0 Å². The molecule has 0 spiro atoms. The monoisotopic (exact) mass is 321 g/mol. The molecule has 1 aromatic heterocycles. The van der Waals surface area contributed by atoms with Gasteiger partial charge >= 0.3 is 6.03 Å². The number of anilines is 1. The van der Waals surface area contributed by atoms with Crippen LogP contribution in [0.5, 0.6) is 5.75 Å². The maximum absolute atomic E-state index is 11.8. The predicted octanol–water partition coefficient (Wildman–Crippen LogP) is 3.74. The van der Waals surface area contributed by atoms with E-state index in [1.54, 1.807) is 6.20 Å². The Morgan fingerprint density at radius 3 is 2.71 bits per heavy atom. The van der Waals surface area contributed by atoms with Crippen molar-refractivity contribution in [3.8, 4) is 5.75 Å². The van der Waals surface area contributed by atoms with Crippen molar-refractivity contribution in [3.63, 3.8) is 0 Å². The molecule has 0 aliphatic rings. The van der Waals surface area contributed by atoms with Crippen LogP contribution < -0.4 is 15.4 Å². The van der Waals surface area contributed by atoms with E-state index < -0.39 is 0 Å². The zero-order valence-corrected chi connectivity index (χ0v) is 13.5. The highest BCUT2D eigenvalue weighted by molar-refractivity contribution is 5.89. The Bertz CT molecular complexity index is 826. The predicted molar refractivity (Wildman–Crippen MR) is 95.4 cm³/mol. The first-order chi connectivity index (χ1) is 11.7. The average Bonchev–Trinajstić information content (AvgIpc) is 2.61. The summed E-state index contributed by atoms with van der Waals surface area (Å²) in [4.78, 5) is 16.2. The number of pyridine rings is 1. The van der Waals surface area contributed by atoms with Gasteiger partial charge in [0.05, 0.1) is 6.54 Å². The van der Waals surface area contributed by atoms with Gasteiger partial charge in [0.2, 0.25) is 0 Å². The molecule has 0 unspecified atom stereocenters. The molecule has 5 heteroatoms.